The lowest BCUT2D eigenvalue weighted by molar-refractivity contribution is 0.287. The third-order valence-electron chi connectivity index (χ3n) is 2.37. The summed E-state index contributed by atoms with van der Waals surface area (Å²) < 4.78 is 37.4. The number of hydrogen-bond donors (Lipinski definition) is 1. The average molecular weight is 287 g/mol. The molecule has 0 amide bonds. The summed E-state index contributed by atoms with van der Waals surface area (Å²) in [7, 11) is -3.48. The molecule has 0 unspecified atom stereocenters. The highest BCUT2D eigenvalue weighted by Crippen LogP contribution is 2.30. The van der Waals surface area contributed by atoms with Crippen LogP contribution in [0.2, 0.25) is 0 Å². The Morgan fingerprint density at radius 3 is 2.26 bits per heavy atom. The van der Waals surface area contributed by atoms with Crippen LogP contribution in [0.5, 0.6) is 11.5 Å². The first-order chi connectivity index (χ1) is 9.05. The van der Waals surface area contributed by atoms with Gasteiger partial charge in [-0.1, -0.05) is 6.92 Å². The molecule has 0 saturated heterocycles. The molecule has 1 aromatic rings. The molecule has 0 aliphatic carbocycles. The van der Waals surface area contributed by atoms with Gasteiger partial charge in [-0.3, -0.25) is 0 Å². The zero-order valence-corrected chi connectivity index (χ0v) is 12.4. The first kappa shape index (κ1) is 15.8. The largest absolute Gasteiger partial charge is 0.490 e. The Morgan fingerprint density at radius 2 is 1.68 bits per heavy atom. The molecule has 0 heterocycles. The average Bonchev–Trinajstić information content (AvgIpc) is 2.39. The minimum atomic E-state index is -3.48. The lowest BCUT2D eigenvalue weighted by Crippen LogP contribution is -2.24. The fourth-order valence-corrected chi connectivity index (χ4v) is 2.67. The van der Waals surface area contributed by atoms with Crippen molar-refractivity contribution >= 4 is 10.0 Å². The maximum atomic E-state index is 12.0. The molecule has 0 atom stereocenters. The molecule has 1 aromatic carbocycles. The first-order valence-electron chi connectivity index (χ1n) is 6.44. The van der Waals surface area contributed by atoms with E-state index in [1.807, 2.05) is 20.8 Å². The van der Waals surface area contributed by atoms with Crippen molar-refractivity contribution in [3.05, 3.63) is 18.2 Å². The Hall–Kier alpha value is -1.27. The quantitative estimate of drug-likeness (QED) is 0.796. The molecule has 0 aromatic heterocycles. The molecule has 108 valence electrons. The number of benzene rings is 1. The molecule has 6 heteroatoms. The van der Waals surface area contributed by atoms with Gasteiger partial charge in [0.1, 0.15) is 0 Å². The van der Waals surface area contributed by atoms with Crippen LogP contribution in [0.25, 0.3) is 0 Å². The van der Waals surface area contributed by atoms with E-state index in [4.69, 9.17) is 9.47 Å². The molecule has 0 fully saturated rings. The summed E-state index contributed by atoms with van der Waals surface area (Å²) >= 11 is 0. The molecule has 0 aliphatic rings. The summed E-state index contributed by atoms with van der Waals surface area (Å²) in [4.78, 5) is 0.188. The van der Waals surface area contributed by atoms with E-state index >= 15 is 0 Å². The number of sulfonamides is 1. The van der Waals surface area contributed by atoms with E-state index < -0.39 is 10.0 Å². The predicted octanol–water partition coefficient (Wildman–Crippen LogP) is 2.17. The van der Waals surface area contributed by atoms with Gasteiger partial charge in [-0.2, -0.15) is 0 Å². The zero-order chi connectivity index (χ0) is 14.3. The molecule has 19 heavy (non-hydrogen) atoms. The smallest absolute Gasteiger partial charge is 0.240 e. The summed E-state index contributed by atoms with van der Waals surface area (Å²) in [6.45, 7) is 6.98. The van der Waals surface area contributed by atoms with Crippen LogP contribution in [0.4, 0.5) is 0 Å². The van der Waals surface area contributed by atoms with Crippen molar-refractivity contribution in [2.45, 2.75) is 32.1 Å². The zero-order valence-electron chi connectivity index (χ0n) is 11.6. The normalized spacial score (nSPS) is 11.3. The van der Waals surface area contributed by atoms with Crippen LogP contribution in [0.1, 0.15) is 27.2 Å². The van der Waals surface area contributed by atoms with Crippen molar-refractivity contribution < 1.29 is 17.9 Å². The lowest BCUT2D eigenvalue weighted by Gasteiger charge is -2.13. The van der Waals surface area contributed by atoms with E-state index in [1.54, 1.807) is 6.07 Å². The van der Waals surface area contributed by atoms with Gasteiger partial charge in [0.15, 0.2) is 11.5 Å². The molecule has 0 spiro atoms. The molecule has 0 saturated carbocycles. The highest BCUT2D eigenvalue weighted by Gasteiger charge is 2.16. The van der Waals surface area contributed by atoms with Crippen molar-refractivity contribution in [2.24, 2.45) is 0 Å². The fraction of sp³-hybridized carbons (Fsp3) is 0.538. The summed E-state index contributed by atoms with van der Waals surface area (Å²) in [5, 5.41) is 0. The third kappa shape index (κ3) is 4.40. The molecule has 5 nitrogen and oxygen atoms in total. The summed E-state index contributed by atoms with van der Waals surface area (Å²) in [6.07, 6.45) is 0.745. The van der Waals surface area contributed by atoms with Crippen LogP contribution in [0.15, 0.2) is 23.1 Å². The van der Waals surface area contributed by atoms with E-state index in [2.05, 4.69) is 4.72 Å². The predicted molar refractivity (Wildman–Crippen MR) is 74.3 cm³/mol. The highest BCUT2D eigenvalue weighted by atomic mass is 32.2. The van der Waals surface area contributed by atoms with Crippen LogP contribution in [-0.4, -0.2) is 28.2 Å². The van der Waals surface area contributed by atoms with Gasteiger partial charge in [0.05, 0.1) is 18.1 Å². The van der Waals surface area contributed by atoms with Gasteiger partial charge < -0.3 is 9.47 Å². The van der Waals surface area contributed by atoms with Gasteiger partial charge in [-0.05, 0) is 32.4 Å². The number of nitrogens with one attached hydrogen (secondary N) is 1. The molecular weight excluding hydrogens is 266 g/mol. The Bertz CT molecular complexity index is 499. The second-order valence-electron chi connectivity index (χ2n) is 3.87. The van der Waals surface area contributed by atoms with Crippen LogP contribution >= 0.6 is 0 Å². The van der Waals surface area contributed by atoms with E-state index in [0.29, 0.717) is 31.3 Å². The fourth-order valence-electron chi connectivity index (χ4n) is 1.52. The summed E-state index contributed by atoms with van der Waals surface area (Å²) in [5.74, 6) is 1.00. The Balaban J connectivity index is 3.06. The minimum Gasteiger partial charge on any atom is -0.490 e. The van der Waals surface area contributed by atoms with Crippen molar-refractivity contribution in [3.63, 3.8) is 0 Å². The first-order valence-corrected chi connectivity index (χ1v) is 7.92. The number of rotatable bonds is 8. The topological polar surface area (TPSA) is 64.6 Å². The van der Waals surface area contributed by atoms with Crippen LogP contribution in [-0.2, 0) is 10.0 Å². The van der Waals surface area contributed by atoms with Crippen molar-refractivity contribution in [3.8, 4) is 11.5 Å². The van der Waals surface area contributed by atoms with Gasteiger partial charge in [0.2, 0.25) is 10.0 Å². The van der Waals surface area contributed by atoms with Gasteiger partial charge in [-0.15, -0.1) is 0 Å². The van der Waals surface area contributed by atoms with E-state index in [-0.39, 0.29) is 4.90 Å². The summed E-state index contributed by atoms with van der Waals surface area (Å²) in [6, 6.07) is 4.63. The van der Waals surface area contributed by atoms with E-state index in [0.717, 1.165) is 6.42 Å². The third-order valence-corrected chi connectivity index (χ3v) is 3.83. The van der Waals surface area contributed by atoms with Gasteiger partial charge >= 0.3 is 0 Å². The van der Waals surface area contributed by atoms with Gasteiger partial charge in [0, 0.05) is 12.6 Å². The maximum Gasteiger partial charge on any atom is 0.240 e. The highest BCUT2D eigenvalue weighted by molar-refractivity contribution is 7.89. The molecule has 1 N–H and O–H groups in total. The van der Waals surface area contributed by atoms with E-state index in [1.165, 1.54) is 12.1 Å². The Morgan fingerprint density at radius 1 is 1.05 bits per heavy atom. The second-order valence-corrected chi connectivity index (χ2v) is 5.64. The van der Waals surface area contributed by atoms with Crippen LogP contribution in [0.3, 0.4) is 0 Å². The van der Waals surface area contributed by atoms with E-state index in [9.17, 15) is 8.42 Å². The second kappa shape index (κ2) is 7.35. The monoisotopic (exact) mass is 287 g/mol. The number of ether oxygens (including phenoxy) is 2. The van der Waals surface area contributed by atoms with Crippen molar-refractivity contribution in [1.82, 2.24) is 4.72 Å². The molecule has 0 bridgehead atoms. The molecule has 1 rings (SSSR count). The Kier molecular flexibility index (Phi) is 6.11. The van der Waals surface area contributed by atoms with Crippen molar-refractivity contribution in [2.75, 3.05) is 19.8 Å². The molecular formula is C13H21NO4S. The summed E-state index contributed by atoms with van der Waals surface area (Å²) in [5.41, 5.74) is 0. The number of hydrogen-bond acceptors (Lipinski definition) is 4. The SMILES string of the molecule is CCCNS(=O)(=O)c1ccc(OCC)c(OCC)c1. The maximum absolute atomic E-state index is 12.0. The molecule has 0 aliphatic heterocycles. The van der Waals surface area contributed by atoms with Crippen LogP contribution < -0.4 is 14.2 Å². The van der Waals surface area contributed by atoms with Crippen LogP contribution in [0, 0.1) is 0 Å². The minimum absolute atomic E-state index is 0.188. The lowest BCUT2D eigenvalue weighted by atomic mass is 10.3. The standard InChI is InChI=1S/C13H21NO4S/c1-4-9-14-19(15,16)11-7-8-12(17-5-2)13(10-11)18-6-3/h7-8,10,14H,4-6,9H2,1-3H3. The molecule has 0 radical (unpaired) electrons. The van der Waals surface area contributed by atoms with Gasteiger partial charge in [-0.25, -0.2) is 13.1 Å². The Labute approximate surface area is 115 Å². The van der Waals surface area contributed by atoms with Crippen molar-refractivity contribution in [1.29, 1.82) is 0 Å². The van der Waals surface area contributed by atoms with Gasteiger partial charge in [0.25, 0.3) is 0 Å².